The van der Waals surface area contributed by atoms with E-state index in [4.69, 9.17) is 4.74 Å². The molecule has 1 aromatic rings. The van der Waals surface area contributed by atoms with E-state index in [1.165, 1.54) is 12.1 Å². The molecule has 1 heterocycles. The second kappa shape index (κ2) is 7.61. The molecule has 132 valence electrons. The van der Waals surface area contributed by atoms with Gasteiger partial charge in [0.15, 0.2) is 0 Å². The van der Waals surface area contributed by atoms with Crippen LogP contribution < -0.4 is 5.32 Å². The topological polar surface area (TPSA) is 61.9 Å². The van der Waals surface area contributed by atoms with Crippen molar-refractivity contribution in [3.63, 3.8) is 0 Å². The Balaban J connectivity index is 1.77. The number of hydrogen-bond donors (Lipinski definition) is 1. The number of piperazine rings is 1. The van der Waals surface area contributed by atoms with Gasteiger partial charge < -0.3 is 15.0 Å². The number of anilines is 1. The van der Waals surface area contributed by atoms with E-state index < -0.39 is 11.4 Å². The zero-order chi connectivity index (χ0) is 17.7. The van der Waals surface area contributed by atoms with Gasteiger partial charge in [-0.2, -0.15) is 0 Å². The van der Waals surface area contributed by atoms with Crippen molar-refractivity contribution in [3.05, 3.63) is 30.1 Å². The van der Waals surface area contributed by atoms with E-state index in [-0.39, 0.29) is 24.2 Å². The maximum absolute atomic E-state index is 13.5. The van der Waals surface area contributed by atoms with Crippen LogP contribution in [-0.4, -0.2) is 60.1 Å². The fraction of sp³-hybridized carbons (Fsp3) is 0.529. The van der Waals surface area contributed by atoms with Gasteiger partial charge in [0.2, 0.25) is 5.91 Å². The lowest BCUT2D eigenvalue weighted by Crippen LogP contribution is -2.51. The summed E-state index contributed by atoms with van der Waals surface area (Å²) in [5, 5.41) is 2.56. The van der Waals surface area contributed by atoms with Crippen LogP contribution >= 0.6 is 0 Å². The Morgan fingerprint density at radius 3 is 2.38 bits per heavy atom. The van der Waals surface area contributed by atoms with E-state index in [1.54, 1.807) is 17.0 Å². The van der Waals surface area contributed by atoms with Crippen LogP contribution in [0.4, 0.5) is 14.9 Å². The summed E-state index contributed by atoms with van der Waals surface area (Å²) in [5.74, 6) is -0.730. The Morgan fingerprint density at radius 2 is 1.79 bits per heavy atom. The molecular weight excluding hydrogens is 313 g/mol. The minimum atomic E-state index is -0.520. The lowest BCUT2D eigenvalue weighted by molar-refractivity contribution is -0.117. The number of halogens is 1. The molecule has 0 atom stereocenters. The van der Waals surface area contributed by atoms with Crippen molar-refractivity contribution in [1.82, 2.24) is 9.80 Å². The maximum atomic E-state index is 13.5. The van der Waals surface area contributed by atoms with Crippen LogP contribution in [0.1, 0.15) is 20.8 Å². The number of ether oxygens (including phenoxy) is 1. The zero-order valence-electron chi connectivity index (χ0n) is 14.3. The molecule has 0 saturated carbocycles. The van der Waals surface area contributed by atoms with Gasteiger partial charge in [-0.25, -0.2) is 9.18 Å². The molecule has 24 heavy (non-hydrogen) atoms. The molecule has 0 bridgehead atoms. The van der Waals surface area contributed by atoms with E-state index in [9.17, 15) is 14.0 Å². The second-order valence-electron chi connectivity index (χ2n) is 6.77. The first-order chi connectivity index (χ1) is 11.2. The predicted octanol–water partition coefficient (Wildman–Crippen LogP) is 2.32. The molecule has 2 amide bonds. The Hall–Kier alpha value is -2.15. The van der Waals surface area contributed by atoms with E-state index in [0.717, 1.165) is 0 Å². The summed E-state index contributed by atoms with van der Waals surface area (Å²) in [6.07, 6.45) is -0.335. The van der Waals surface area contributed by atoms with E-state index in [1.807, 2.05) is 25.7 Å². The van der Waals surface area contributed by atoms with Gasteiger partial charge in [0.25, 0.3) is 0 Å². The molecule has 0 unspecified atom stereocenters. The van der Waals surface area contributed by atoms with Crippen LogP contribution in [0.15, 0.2) is 24.3 Å². The molecule has 1 fully saturated rings. The average Bonchev–Trinajstić information content (AvgIpc) is 2.48. The van der Waals surface area contributed by atoms with Crippen molar-refractivity contribution in [2.45, 2.75) is 26.4 Å². The maximum Gasteiger partial charge on any atom is 0.410 e. The SMILES string of the molecule is CC(C)(C)OC(=O)N1CCN(CC(=O)Nc2ccccc2F)CC1. The fourth-order valence-corrected chi connectivity index (χ4v) is 2.37. The van der Waals surface area contributed by atoms with Crippen LogP contribution in [0.5, 0.6) is 0 Å². The molecule has 1 aromatic carbocycles. The van der Waals surface area contributed by atoms with Crippen LogP contribution in [0, 0.1) is 5.82 Å². The van der Waals surface area contributed by atoms with Gasteiger partial charge in [-0.05, 0) is 32.9 Å². The summed E-state index contributed by atoms with van der Waals surface area (Å²) in [7, 11) is 0. The average molecular weight is 337 g/mol. The Bertz CT molecular complexity index is 593. The van der Waals surface area contributed by atoms with Crippen molar-refractivity contribution in [2.24, 2.45) is 0 Å². The number of benzene rings is 1. The van der Waals surface area contributed by atoms with Crippen molar-refractivity contribution >= 4 is 17.7 Å². The first kappa shape index (κ1) is 18.2. The number of nitrogens with one attached hydrogen (secondary N) is 1. The number of hydrogen-bond acceptors (Lipinski definition) is 4. The normalized spacial score (nSPS) is 15.9. The second-order valence-corrected chi connectivity index (χ2v) is 6.77. The number of rotatable bonds is 3. The molecule has 0 radical (unpaired) electrons. The zero-order valence-corrected chi connectivity index (χ0v) is 14.3. The van der Waals surface area contributed by atoms with E-state index >= 15 is 0 Å². The fourth-order valence-electron chi connectivity index (χ4n) is 2.37. The molecule has 2 rings (SSSR count). The molecule has 7 heteroatoms. The van der Waals surface area contributed by atoms with Crippen LogP contribution in [0.2, 0.25) is 0 Å². The van der Waals surface area contributed by atoms with Gasteiger partial charge in [0, 0.05) is 26.2 Å². The highest BCUT2D eigenvalue weighted by atomic mass is 19.1. The van der Waals surface area contributed by atoms with Gasteiger partial charge in [0.05, 0.1) is 12.2 Å². The third-order valence-electron chi connectivity index (χ3n) is 3.54. The summed E-state index contributed by atoms with van der Waals surface area (Å²) < 4.78 is 18.9. The largest absolute Gasteiger partial charge is 0.444 e. The Kier molecular flexibility index (Phi) is 5.77. The Labute approximate surface area is 141 Å². The smallest absolute Gasteiger partial charge is 0.410 e. The monoisotopic (exact) mass is 337 g/mol. The minimum Gasteiger partial charge on any atom is -0.444 e. The summed E-state index contributed by atoms with van der Waals surface area (Å²) >= 11 is 0. The first-order valence-corrected chi connectivity index (χ1v) is 7.99. The summed E-state index contributed by atoms with van der Waals surface area (Å²) in [5.41, 5.74) is -0.344. The number of amides is 2. The molecule has 6 nitrogen and oxygen atoms in total. The summed E-state index contributed by atoms with van der Waals surface area (Å²) in [4.78, 5) is 27.6. The highest BCUT2D eigenvalue weighted by molar-refractivity contribution is 5.92. The van der Waals surface area contributed by atoms with Gasteiger partial charge in [-0.3, -0.25) is 9.69 Å². The molecule has 1 N–H and O–H groups in total. The van der Waals surface area contributed by atoms with Crippen LogP contribution in [-0.2, 0) is 9.53 Å². The van der Waals surface area contributed by atoms with Gasteiger partial charge in [-0.1, -0.05) is 12.1 Å². The van der Waals surface area contributed by atoms with Crippen molar-refractivity contribution in [2.75, 3.05) is 38.0 Å². The Morgan fingerprint density at radius 1 is 1.17 bits per heavy atom. The standard InChI is InChI=1S/C17H24FN3O3/c1-17(2,3)24-16(23)21-10-8-20(9-11-21)12-15(22)19-14-7-5-4-6-13(14)18/h4-7H,8-12H2,1-3H3,(H,19,22). The third-order valence-corrected chi connectivity index (χ3v) is 3.54. The van der Waals surface area contributed by atoms with Gasteiger partial charge in [-0.15, -0.1) is 0 Å². The van der Waals surface area contributed by atoms with Crippen molar-refractivity contribution in [3.8, 4) is 0 Å². The number of carbonyl (C=O) groups is 2. The quantitative estimate of drug-likeness (QED) is 0.919. The number of nitrogens with zero attached hydrogens (tertiary/aromatic N) is 2. The van der Waals surface area contributed by atoms with Gasteiger partial charge >= 0.3 is 6.09 Å². The van der Waals surface area contributed by atoms with Crippen LogP contribution in [0.3, 0.4) is 0 Å². The first-order valence-electron chi connectivity index (χ1n) is 7.99. The highest BCUT2D eigenvalue weighted by Crippen LogP contribution is 2.13. The van der Waals surface area contributed by atoms with Crippen molar-refractivity contribution < 1.29 is 18.7 Å². The molecule has 0 spiro atoms. The third kappa shape index (κ3) is 5.49. The minimum absolute atomic E-state index is 0.163. The molecule has 1 saturated heterocycles. The molecular formula is C17H24FN3O3. The van der Waals surface area contributed by atoms with E-state index in [2.05, 4.69) is 5.32 Å². The number of para-hydroxylation sites is 1. The lowest BCUT2D eigenvalue weighted by atomic mass is 10.2. The molecule has 1 aliphatic rings. The molecule has 1 aliphatic heterocycles. The molecule has 0 aliphatic carbocycles. The van der Waals surface area contributed by atoms with Crippen molar-refractivity contribution in [1.29, 1.82) is 0 Å². The van der Waals surface area contributed by atoms with E-state index in [0.29, 0.717) is 26.2 Å². The summed E-state index contributed by atoms with van der Waals surface area (Å²) in [6.45, 7) is 7.80. The number of carbonyl (C=O) groups excluding carboxylic acids is 2. The van der Waals surface area contributed by atoms with Crippen LogP contribution in [0.25, 0.3) is 0 Å². The summed E-state index contributed by atoms with van der Waals surface area (Å²) in [6, 6.07) is 6.06. The highest BCUT2D eigenvalue weighted by Gasteiger charge is 2.26. The molecule has 0 aromatic heterocycles. The van der Waals surface area contributed by atoms with Gasteiger partial charge in [0.1, 0.15) is 11.4 Å². The predicted molar refractivity (Wildman–Crippen MR) is 89.3 cm³/mol. The lowest BCUT2D eigenvalue weighted by Gasteiger charge is -2.35.